The average molecular weight is 438 g/mol. The predicted molar refractivity (Wildman–Crippen MR) is 121 cm³/mol. The molecule has 2 aliphatic heterocycles. The summed E-state index contributed by atoms with van der Waals surface area (Å²) in [4.78, 5) is 16.8. The summed E-state index contributed by atoms with van der Waals surface area (Å²) in [6, 6.07) is 8.10. The van der Waals surface area contributed by atoms with Gasteiger partial charge in [0.25, 0.3) is 5.91 Å². The molecule has 3 aromatic rings. The van der Waals surface area contributed by atoms with E-state index in [-0.39, 0.29) is 11.9 Å². The van der Waals surface area contributed by atoms with E-state index >= 15 is 0 Å². The molecule has 1 amide bonds. The first-order valence-corrected chi connectivity index (χ1v) is 10.9. The lowest BCUT2D eigenvalue weighted by Gasteiger charge is -2.35. The van der Waals surface area contributed by atoms with Crippen molar-refractivity contribution in [2.75, 3.05) is 49.2 Å². The van der Waals surface area contributed by atoms with Gasteiger partial charge in [-0.05, 0) is 31.0 Å². The predicted octanol–water partition coefficient (Wildman–Crippen LogP) is 2.23. The zero-order chi connectivity index (χ0) is 22.1. The number of benzene rings is 1. The summed E-state index contributed by atoms with van der Waals surface area (Å²) >= 11 is 0. The minimum Gasteiger partial charge on any atom is -0.450 e. The van der Waals surface area contributed by atoms with Crippen LogP contribution in [0.5, 0.6) is 0 Å². The maximum atomic E-state index is 12.3. The number of morpholine rings is 1. The van der Waals surface area contributed by atoms with Crippen LogP contribution in [0, 0.1) is 0 Å². The summed E-state index contributed by atoms with van der Waals surface area (Å²) in [5.41, 5.74) is 10.1. The van der Waals surface area contributed by atoms with Gasteiger partial charge in [0.1, 0.15) is 5.76 Å². The van der Waals surface area contributed by atoms with Crippen molar-refractivity contribution >= 4 is 17.3 Å². The second-order valence-corrected chi connectivity index (χ2v) is 8.22. The van der Waals surface area contributed by atoms with Crippen LogP contribution < -0.4 is 15.5 Å². The molecular formula is C23H27N5O4. The number of hydrogen-bond donors (Lipinski definition) is 3. The summed E-state index contributed by atoms with van der Waals surface area (Å²) in [6.07, 6.45) is 4.48. The van der Waals surface area contributed by atoms with Crippen LogP contribution in [0.25, 0.3) is 22.5 Å². The van der Waals surface area contributed by atoms with Crippen molar-refractivity contribution in [1.29, 1.82) is 0 Å². The van der Waals surface area contributed by atoms with Gasteiger partial charge in [-0.15, -0.1) is 0 Å². The van der Waals surface area contributed by atoms with Crippen LogP contribution in [0.1, 0.15) is 23.4 Å². The Labute approximate surface area is 185 Å². The van der Waals surface area contributed by atoms with E-state index in [2.05, 4.69) is 32.1 Å². The minimum absolute atomic E-state index is 0.124. The van der Waals surface area contributed by atoms with Gasteiger partial charge in [0.05, 0.1) is 31.1 Å². The number of rotatable bonds is 5. The van der Waals surface area contributed by atoms with Crippen molar-refractivity contribution in [3.05, 3.63) is 42.4 Å². The van der Waals surface area contributed by atoms with Crippen LogP contribution >= 0.6 is 0 Å². The molecule has 4 heterocycles. The first kappa shape index (κ1) is 20.6. The number of aliphatic hydroxyl groups is 1. The topological polar surface area (TPSA) is 121 Å². The molecule has 168 valence electrons. The Kier molecular flexibility index (Phi) is 5.59. The Hall–Kier alpha value is -3.30. The number of hydrogen-bond acceptors (Lipinski definition) is 7. The third-order valence-corrected chi connectivity index (χ3v) is 6.19. The molecule has 0 bridgehead atoms. The second-order valence-electron chi connectivity index (χ2n) is 8.22. The Morgan fingerprint density at radius 2 is 1.88 bits per heavy atom. The van der Waals surface area contributed by atoms with Gasteiger partial charge in [0.2, 0.25) is 0 Å². The number of aromatic amines is 1. The summed E-state index contributed by atoms with van der Waals surface area (Å²) < 4.78 is 11.4. The number of carbonyl (C=O) groups excluding carboxylic acids is 1. The third-order valence-electron chi connectivity index (χ3n) is 6.19. The number of piperidine rings is 1. The van der Waals surface area contributed by atoms with E-state index in [1.165, 1.54) is 0 Å². The largest absolute Gasteiger partial charge is 0.450 e. The molecule has 4 N–H and O–H groups in total. The van der Waals surface area contributed by atoms with Gasteiger partial charge in [0.15, 0.2) is 5.76 Å². The van der Waals surface area contributed by atoms with E-state index in [1.807, 2.05) is 12.1 Å². The third kappa shape index (κ3) is 3.96. The zero-order valence-corrected chi connectivity index (χ0v) is 17.8. The number of nitrogens with two attached hydrogens (primary N) is 1. The fourth-order valence-corrected chi connectivity index (χ4v) is 4.44. The highest BCUT2D eigenvalue weighted by Crippen LogP contribution is 2.40. The van der Waals surface area contributed by atoms with Gasteiger partial charge in [-0.1, -0.05) is 6.07 Å². The molecule has 2 aliphatic rings. The number of H-pyrrole nitrogens is 1. The Balaban J connectivity index is 1.60. The van der Waals surface area contributed by atoms with E-state index in [0.717, 1.165) is 48.7 Å². The summed E-state index contributed by atoms with van der Waals surface area (Å²) in [5, 5.41) is 16.7. The number of ether oxygens (including phenoxy) is 1. The van der Waals surface area contributed by atoms with Crippen molar-refractivity contribution in [1.82, 2.24) is 10.2 Å². The molecule has 9 heteroatoms. The molecule has 2 fully saturated rings. The van der Waals surface area contributed by atoms with Crippen molar-refractivity contribution in [3.8, 4) is 22.5 Å². The van der Waals surface area contributed by atoms with Crippen LogP contribution in [0.2, 0.25) is 0 Å². The molecule has 2 saturated heterocycles. The average Bonchev–Trinajstić information content (AvgIpc) is 3.50. The Bertz CT molecular complexity index is 1080. The smallest absolute Gasteiger partial charge is 0.285 e. The van der Waals surface area contributed by atoms with Crippen LogP contribution in [-0.4, -0.2) is 66.7 Å². The Morgan fingerprint density at radius 3 is 2.56 bits per heavy atom. The first-order valence-electron chi connectivity index (χ1n) is 10.9. The molecule has 5 rings (SSSR count). The minimum atomic E-state index is -0.619. The van der Waals surface area contributed by atoms with E-state index in [0.29, 0.717) is 37.4 Å². The molecule has 1 aromatic carbocycles. The number of nitrogens with one attached hydrogen (secondary N) is 1. The zero-order valence-electron chi connectivity index (χ0n) is 17.8. The molecule has 0 unspecified atom stereocenters. The van der Waals surface area contributed by atoms with Crippen molar-refractivity contribution in [3.63, 3.8) is 0 Å². The van der Waals surface area contributed by atoms with Crippen LogP contribution in [0.3, 0.4) is 0 Å². The lowest BCUT2D eigenvalue weighted by molar-refractivity contribution is 0.0975. The fraction of sp³-hybridized carbons (Fsp3) is 0.391. The number of nitrogens with zero attached hydrogens (tertiary/aromatic N) is 3. The maximum absolute atomic E-state index is 12.3. The highest BCUT2D eigenvalue weighted by Gasteiger charge is 2.26. The standard InChI is InChI=1S/C23H27N5O4/c24-23(30)22-19(12-21(32-22)15-13-25-26-14-15)18-2-1-16(27-7-9-31-10-8-27)11-20(18)28-5-3-17(29)4-6-28/h1-2,11-14,17,29H,3-10H2,(H2,24,30)(H,25,26). The maximum Gasteiger partial charge on any atom is 0.285 e. The van der Waals surface area contributed by atoms with E-state index in [9.17, 15) is 9.90 Å². The first-order chi connectivity index (χ1) is 15.6. The molecule has 0 aliphatic carbocycles. The molecule has 0 atom stereocenters. The van der Waals surface area contributed by atoms with Gasteiger partial charge in [-0.2, -0.15) is 5.10 Å². The highest BCUT2D eigenvalue weighted by molar-refractivity contribution is 6.00. The van der Waals surface area contributed by atoms with Crippen LogP contribution in [0.15, 0.2) is 41.1 Å². The highest BCUT2D eigenvalue weighted by atomic mass is 16.5. The number of primary amides is 1. The van der Waals surface area contributed by atoms with Gasteiger partial charge >= 0.3 is 0 Å². The van der Waals surface area contributed by atoms with Crippen LogP contribution in [0.4, 0.5) is 11.4 Å². The molecule has 9 nitrogen and oxygen atoms in total. The molecule has 32 heavy (non-hydrogen) atoms. The van der Waals surface area contributed by atoms with Gasteiger partial charge in [-0.3, -0.25) is 9.89 Å². The molecule has 0 radical (unpaired) electrons. The number of carbonyl (C=O) groups is 1. The molecule has 0 saturated carbocycles. The summed E-state index contributed by atoms with van der Waals surface area (Å²) in [6.45, 7) is 4.54. The fourth-order valence-electron chi connectivity index (χ4n) is 4.44. The van der Waals surface area contributed by atoms with Gasteiger partial charge in [0, 0.05) is 54.9 Å². The van der Waals surface area contributed by atoms with Gasteiger partial charge < -0.3 is 29.8 Å². The number of aromatic nitrogens is 2. The van der Waals surface area contributed by atoms with Gasteiger partial charge in [-0.25, -0.2) is 0 Å². The van der Waals surface area contributed by atoms with E-state index in [4.69, 9.17) is 14.9 Å². The number of amides is 1. The normalized spacial score (nSPS) is 17.7. The van der Waals surface area contributed by atoms with E-state index < -0.39 is 5.91 Å². The molecule has 0 spiro atoms. The molecular weight excluding hydrogens is 410 g/mol. The number of furan rings is 1. The van der Waals surface area contributed by atoms with E-state index in [1.54, 1.807) is 12.4 Å². The lowest BCUT2D eigenvalue weighted by atomic mass is 9.99. The number of anilines is 2. The van der Waals surface area contributed by atoms with Crippen molar-refractivity contribution in [2.45, 2.75) is 18.9 Å². The van der Waals surface area contributed by atoms with Crippen LogP contribution in [-0.2, 0) is 4.74 Å². The molecule has 2 aromatic heterocycles. The summed E-state index contributed by atoms with van der Waals surface area (Å²) in [5.74, 6) is 0.0328. The quantitative estimate of drug-likeness (QED) is 0.560. The summed E-state index contributed by atoms with van der Waals surface area (Å²) in [7, 11) is 0. The number of aliphatic hydroxyl groups excluding tert-OH is 1. The van der Waals surface area contributed by atoms with Crippen molar-refractivity contribution < 1.29 is 19.1 Å². The van der Waals surface area contributed by atoms with Crippen molar-refractivity contribution in [2.24, 2.45) is 5.73 Å². The monoisotopic (exact) mass is 437 g/mol. The Morgan fingerprint density at radius 1 is 1.09 bits per heavy atom. The second kappa shape index (κ2) is 8.68. The SMILES string of the molecule is NC(=O)c1oc(-c2cn[nH]c2)cc1-c1ccc(N2CCOCC2)cc1N1CCC(O)CC1. The lowest BCUT2D eigenvalue weighted by Crippen LogP contribution is -2.37.